The number of nitrogens with one attached hydrogen (secondary N) is 1. The van der Waals surface area contributed by atoms with Crippen molar-refractivity contribution in [1.29, 1.82) is 0 Å². The van der Waals surface area contributed by atoms with E-state index in [2.05, 4.69) is 54.0 Å². The van der Waals surface area contributed by atoms with Crippen molar-refractivity contribution in [2.45, 2.75) is 25.8 Å². The van der Waals surface area contributed by atoms with E-state index in [0.717, 1.165) is 12.8 Å². The Morgan fingerprint density at radius 1 is 1.12 bits per heavy atom. The first-order valence-corrected chi connectivity index (χ1v) is 6.91. The van der Waals surface area contributed by atoms with E-state index < -0.39 is 0 Å². The summed E-state index contributed by atoms with van der Waals surface area (Å²) in [4.78, 5) is 1.46. The summed E-state index contributed by atoms with van der Waals surface area (Å²) in [6.07, 6.45) is 2.21. The summed E-state index contributed by atoms with van der Waals surface area (Å²) >= 11 is 1.84. The SMILES string of the molecule is CNC(Cc1ccc(C)cc1)Cc1cccs1. The molecule has 0 spiro atoms. The van der Waals surface area contributed by atoms with Gasteiger partial charge in [0.1, 0.15) is 0 Å². The van der Waals surface area contributed by atoms with Crippen LogP contribution in [0.4, 0.5) is 0 Å². The molecule has 1 nitrogen and oxygen atoms in total. The molecule has 0 bridgehead atoms. The minimum absolute atomic E-state index is 0.524. The maximum absolute atomic E-state index is 3.41. The molecule has 90 valence electrons. The zero-order valence-electron chi connectivity index (χ0n) is 10.4. The van der Waals surface area contributed by atoms with E-state index in [4.69, 9.17) is 0 Å². The highest BCUT2D eigenvalue weighted by molar-refractivity contribution is 7.09. The zero-order valence-corrected chi connectivity index (χ0v) is 11.3. The van der Waals surface area contributed by atoms with Crippen molar-refractivity contribution in [1.82, 2.24) is 5.32 Å². The maximum atomic E-state index is 3.41. The average molecular weight is 245 g/mol. The predicted octanol–water partition coefficient (Wildman–Crippen LogP) is 3.43. The summed E-state index contributed by atoms with van der Waals surface area (Å²) in [5.74, 6) is 0. The lowest BCUT2D eigenvalue weighted by atomic mass is 10.0. The van der Waals surface area contributed by atoms with Gasteiger partial charge in [-0.15, -0.1) is 11.3 Å². The molecular formula is C15H19NS. The first kappa shape index (κ1) is 12.3. The molecule has 1 aromatic heterocycles. The van der Waals surface area contributed by atoms with E-state index in [0.29, 0.717) is 6.04 Å². The fourth-order valence-corrected chi connectivity index (χ4v) is 2.74. The average Bonchev–Trinajstić information content (AvgIpc) is 2.84. The molecule has 2 aromatic rings. The van der Waals surface area contributed by atoms with Gasteiger partial charge in [-0.05, 0) is 43.8 Å². The van der Waals surface area contributed by atoms with Gasteiger partial charge in [0.05, 0.1) is 0 Å². The Morgan fingerprint density at radius 2 is 1.88 bits per heavy atom. The maximum Gasteiger partial charge on any atom is 0.0153 e. The first-order valence-electron chi connectivity index (χ1n) is 6.03. The van der Waals surface area contributed by atoms with E-state index in [1.165, 1.54) is 16.0 Å². The van der Waals surface area contributed by atoms with Gasteiger partial charge >= 0.3 is 0 Å². The quantitative estimate of drug-likeness (QED) is 0.851. The molecule has 0 radical (unpaired) electrons. The van der Waals surface area contributed by atoms with Crippen molar-refractivity contribution in [3.63, 3.8) is 0 Å². The Kier molecular flexibility index (Phi) is 4.35. The van der Waals surface area contributed by atoms with E-state index in [1.54, 1.807) is 0 Å². The lowest BCUT2D eigenvalue weighted by molar-refractivity contribution is 0.560. The number of thiophene rings is 1. The number of rotatable bonds is 5. The third kappa shape index (κ3) is 3.69. The molecule has 2 rings (SSSR count). The van der Waals surface area contributed by atoms with Crippen LogP contribution in [0.25, 0.3) is 0 Å². The summed E-state index contributed by atoms with van der Waals surface area (Å²) in [5, 5.41) is 5.56. The predicted molar refractivity (Wildman–Crippen MR) is 75.8 cm³/mol. The summed E-state index contributed by atoms with van der Waals surface area (Å²) in [6, 6.07) is 13.7. The summed E-state index contributed by atoms with van der Waals surface area (Å²) < 4.78 is 0. The fourth-order valence-electron chi connectivity index (χ4n) is 1.96. The van der Waals surface area contributed by atoms with Crippen LogP contribution in [-0.2, 0) is 12.8 Å². The zero-order chi connectivity index (χ0) is 12.1. The van der Waals surface area contributed by atoms with Crippen molar-refractivity contribution in [3.05, 3.63) is 57.8 Å². The minimum atomic E-state index is 0.524. The Balaban J connectivity index is 1.97. The number of hydrogen-bond acceptors (Lipinski definition) is 2. The van der Waals surface area contributed by atoms with Crippen LogP contribution in [-0.4, -0.2) is 13.1 Å². The van der Waals surface area contributed by atoms with E-state index in [1.807, 2.05) is 18.4 Å². The summed E-state index contributed by atoms with van der Waals surface area (Å²) in [6.45, 7) is 2.13. The van der Waals surface area contributed by atoms with Crippen LogP contribution in [0.5, 0.6) is 0 Å². The van der Waals surface area contributed by atoms with Gasteiger partial charge in [0.2, 0.25) is 0 Å². The van der Waals surface area contributed by atoms with Gasteiger partial charge in [-0.1, -0.05) is 35.9 Å². The number of aryl methyl sites for hydroxylation is 1. The Hall–Kier alpha value is -1.12. The second-order valence-electron chi connectivity index (χ2n) is 4.46. The van der Waals surface area contributed by atoms with Gasteiger partial charge in [-0.25, -0.2) is 0 Å². The standard InChI is InChI=1S/C15H19NS/c1-12-5-7-13(8-6-12)10-14(16-2)11-15-4-3-9-17-15/h3-9,14,16H,10-11H2,1-2H3. The van der Waals surface area contributed by atoms with Crippen molar-refractivity contribution in [2.75, 3.05) is 7.05 Å². The molecule has 0 aliphatic rings. The number of hydrogen-bond donors (Lipinski definition) is 1. The largest absolute Gasteiger partial charge is 0.316 e. The van der Waals surface area contributed by atoms with Crippen LogP contribution in [0.15, 0.2) is 41.8 Å². The van der Waals surface area contributed by atoms with Crippen molar-refractivity contribution >= 4 is 11.3 Å². The molecule has 1 heterocycles. The molecule has 2 heteroatoms. The molecule has 0 amide bonds. The fraction of sp³-hybridized carbons (Fsp3) is 0.333. The second-order valence-corrected chi connectivity index (χ2v) is 5.49. The first-order chi connectivity index (χ1) is 8.28. The van der Waals surface area contributed by atoms with Crippen LogP contribution in [0, 0.1) is 6.92 Å². The van der Waals surface area contributed by atoms with E-state index in [9.17, 15) is 0 Å². The monoisotopic (exact) mass is 245 g/mol. The number of likely N-dealkylation sites (N-methyl/N-ethyl adjacent to an activating group) is 1. The normalized spacial score (nSPS) is 12.6. The minimum Gasteiger partial charge on any atom is -0.316 e. The van der Waals surface area contributed by atoms with Crippen LogP contribution >= 0.6 is 11.3 Å². The summed E-state index contributed by atoms with van der Waals surface area (Å²) in [7, 11) is 2.05. The molecule has 1 aromatic carbocycles. The molecule has 17 heavy (non-hydrogen) atoms. The highest BCUT2D eigenvalue weighted by Crippen LogP contribution is 2.14. The van der Waals surface area contributed by atoms with Crippen LogP contribution in [0.1, 0.15) is 16.0 Å². The van der Waals surface area contributed by atoms with Crippen molar-refractivity contribution < 1.29 is 0 Å². The van der Waals surface area contributed by atoms with Gasteiger partial charge < -0.3 is 5.32 Å². The van der Waals surface area contributed by atoms with Gasteiger partial charge in [0, 0.05) is 10.9 Å². The molecule has 0 saturated heterocycles. The Labute approximate surface area is 108 Å². The highest BCUT2D eigenvalue weighted by Gasteiger charge is 2.08. The molecule has 1 atom stereocenters. The molecule has 0 aliphatic heterocycles. The van der Waals surface area contributed by atoms with Gasteiger partial charge in [-0.3, -0.25) is 0 Å². The van der Waals surface area contributed by atoms with Crippen LogP contribution < -0.4 is 5.32 Å². The molecule has 0 saturated carbocycles. The van der Waals surface area contributed by atoms with Gasteiger partial charge in [0.25, 0.3) is 0 Å². The molecule has 0 fully saturated rings. The summed E-state index contributed by atoms with van der Waals surface area (Å²) in [5.41, 5.74) is 2.74. The van der Waals surface area contributed by atoms with Crippen LogP contribution in [0.2, 0.25) is 0 Å². The van der Waals surface area contributed by atoms with Gasteiger partial charge in [0.15, 0.2) is 0 Å². The van der Waals surface area contributed by atoms with E-state index in [-0.39, 0.29) is 0 Å². The third-order valence-electron chi connectivity index (χ3n) is 3.04. The smallest absolute Gasteiger partial charge is 0.0153 e. The molecule has 1 N–H and O–H groups in total. The number of benzene rings is 1. The molecular weight excluding hydrogens is 226 g/mol. The molecule has 0 aliphatic carbocycles. The second kappa shape index (κ2) is 5.99. The van der Waals surface area contributed by atoms with Crippen molar-refractivity contribution in [3.8, 4) is 0 Å². The highest BCUT2D eigenvalue weighted by atomic mass is 32.1. The topological polar surface area (TPSA) is 12.0 Å². The lowest BCUT2D eigenvalue weighted by Gasteiger charge is -2.15. The van der Waals surface area contributed by atoms with Crippen molar-refractivity contribution in [2.24, 2.45) is 0 Å². The van der Waals surface area contributed by atoms with E-state index >= 15 is 0 Å². The lowest BCUT2D eigenvalue weighted by Crippen LogP contribution is -2.29. The Bertz CT molecular complexity index is 430. The third-order valence-corrected chi connectivity index (χ3v) is 3.94. The van der Waals surface area contributed by atoms with Gasteiger partial charge in [-0.2, -0.15) is 0 Å². The Morgan fingerprint density at radius 3 is 2.47 bits per heavy atom. The van der Waals surface area contributed by atoms with Crippen LogP contribution in [0.3, 0.4) is 0 Å². The molecule has 1 unspecified atom stereocenters.